The highest BCUT2D eigenvalue weighted by Crippen LogP contribution is 2.37. The van der Waals surface area contributed by atoms with Crippen molar-refractivity contribution in [1.82, 2.24) is 13.5 Å². The van der Waals surface area contributed by atoms with Crippen LogP contribution < -0.4 is 0 Å². The summed E-state index contributed by atoms with van der Waals surface area (Å²) in [4.78, 5) is 6.76. The van der Waals surface area contributed by atoms with Gasteiger partial charge in [0.25, 0.3) is 0 Å². The average molecular weight is 294 g/mol. The molecule has 20 heavy (non-hydrogen) atoms. The topological polar surface area (TPSA) is 31.3 Å². The minimum atomic E-state index is 0.255. The zero-order valence-electron chi connectivity index (χ0n) is 12.3. The van der Waals surface area contributed by atoms with Crippen molar-refractivity contribution in [1.29, 1.82) is 0 Å². The van der Waals surface area contributed by atoms with Crippen molar-refractivity contribution in [3.63, 3.8) is 0 Å². The van der Waals surface area contributed by atoms with Crippen LogP contribution in [-0.2, 0) is 4.74 Å². The molecule has 6 heteroatoms. The molecule has 0 radical (unpaired) electrons. The molecule has 0 amide bonds. The first-order valence-corrected chi connectivity index (χ1v) is 7.78. The summed E-state index contributed by atoms with van der Waals surface area (Å²) in [5.74, 6) is 1.07. The zero-order chi connectivity index (χ0) is 14.1. The number of aliphatic imine (C=N–C) groups is 1. The molecule has 0 bridgehead atoms. The Balaban J connectivity index is 1.66. The second-order valence-corrected chi connectivity index (χ2v) is 6.63. The summed E-state index contributed by atoms with van der Waals surface area (Å²) in [5, 5.41) is 0. The van der Waals surface area contributed by atoms with Gasteiger partial charge in [0, 0.05) is 50.7 Å². The molecule has 3 rings (SSSR count). The molecule has 1 saturated heterocycles. The van der Waals surface area contributed by atoms with Crippen LogP contribution in [0, 0.1) is 5.92 Å². The van der Waals surface area contributed by atoms with E-state index in [0.29, 0.717) is 6.04 Å². The molecule has 0 N–H and O–H groups in total. The maximum Gasteiger partial charge on any atom is 0.197 e. The Morgan fingerprint density at radius 2 is 2.05 bits per heavy atom. The van der Waals surface area contributed by atoms with E-state index in [0.717, 1.165) is 32.1 Å². The minimum Gasteiger partial charge on any atom is -0.484 e. The normalized spacial score (nSPS) is 31.1. The third kappa shape index (κ3) is 2.60. The molecule has 0 saturated carbocycles. The Bertz CT molecular complexity index is 454. The highest BCUT2D eigenvalue weighted by Gasteiger charge is 2.38. The van der Waals surface area contributed by atoms with Crippen LogP contribution >= 0.6 is 12.1 Å². The Morgan fingerprint density at radius 1 is 1.30 bits per heavy atom. The fourth-order valence-corrected chi connectivity index (χ4v) is 3.95. The van der Waals surface area contributed by atoms with Crippen molar-refractivity contribution in [3.8, 4) is 0 Å². The second kappa shape index (κ2) is 5.79. The summed E-state index contributed by atoms with van der Waals surface area (Å²) in [7, 11) is 3.89. The van der Waals surface area contributed by atoms with Gasteiger partial charge < -0.3 is 13.9 Å². The molecule has 2 atom stereocenters. The van der Waals surface area contributed by atoms with E-state index in [1.165, 1.54) is 5.57 Å². The van der Waals surface area contributed by atoms with E-state index in [4.69, 9.17) is 4.74 Å². The predicted molar refractivity (Wildman–Crippen MR) is 83.1 cm³/mol. The molecular weight excluding hydrogens is 272 g/mol. The summed E-state index contributed by atoms with van der Waals surface area (Å²) in [6, 6.07) is 0.340. The third-order valence-electron chi connectivity index (χ3n) is 4.08. The number of nitrogens with zero attached hydrogens (tertiary/aromatic N) is 4. The van der Waals surface area contributed by atoms with E-state index in [1.54, 1.807) is 7.11 Å². The summed E-state index contributed by atoms with van der Waals surface area (Å²) >= 11 is 1.83. The molecule has 2 unspecified atom stereocenters. The smallest absolute Gasteiger partial charge is 0.197 e. The van der Waals surface area contributed by atoms with Crippen LogP contribution in [0.4, 0.5) is 0 Å². The van der Waals surface area contributed by atoms with Crippen molar-refractivity contribution in [2.45, 2.75) is 13.0 Å². The lowest BCUT2D eigenvalue weighted by atomic mass is 9.94. The quantitative estimate of drug-likeness (QED) is 0.722. The van der Waals surface area contributed by atoms with Crippen molar-refractivity contribution >= 4 is 18.0 Å². The molecule has 0 aromatic carbocycles. The van der Waals surface area contributed by atoms with E-state index < -0.39 is 0 Å². The highest BCUT2D eigenvalue weighted by atomic mass is 32.2. The summed E-state index contributed by atoms with van der Waals surface area (Å²) < 4.78 is 10.2. The van der Waals surface area contributed by atoms with Crippen LogP contribution in [0.15, 0.2) is 29.0 Å². The zero-order valence-corrected chi connectivity index (χ0v) is 13.1. The number of piperazine rings is 1. The highest BCUT2D eigenvalue weighted by molar-refractivity contribution is 7.94. The third-order valence-corrected chi connectivity index (χ3v) is 5.22. The van der Waals surface area contributed by atoms with Gasteiger partial charge >= 0.3 is 0 Å². The Kier molecular flexibility index (Phi) is 4.05. The first-order valence-electron chi connectivity index (χ1n) is 7.05. The Morgan fingerprint density at radius 3 is 2.75 bits per heavy atom. The lowest BCUT2D eigenvalue weighted by Gasteiger charge is -2.37. The van der Waals surface area contributed by atoms with Gasteiger partial charge in [0.05, 0.1) is 19.1 Å². The van der Waals surface area contributed by atoms with Crippen LogP contribution in [0.3, 0.4) is 0 Å². The van der Waals surface area contributed by atoms with Crippen LogP contribution in [0.25, 0.3) is 0 Å². The molecule has 110 valence electrons. The first-order chi connectivity index (χ1) is 9.69. The average Bonchev–Trinajstić information content (AvgIpc) is 2.87. The van der Waals surface area contributed by atoms with Gasteiger partial charge in [-0.2, -0.15) is 0 Å². The van der Waals surface area contributed by atoms with Gasteiger partial charge in [0.1, 0.15) is 0 Å². The minimum absolute atomic E-state index is 0.255. The van der Waals surface area contributed by atoms with Crippen molar-refractivity contribution < 1.29 is 4.74 Å². The van der Waals surface area contributed by atoms with Gasteiger partial charge in [0.15, 0.2) is 5.90 Å². The predicted octanol–water partition coefficient (Wildman–Crippen LogP) is 1.57. The van der Waals surface area contributed by atoms with Gasteiger partial charge in [-0.25, -0.2) is 9.30 Å². The van der Waals surface area contributed by atoms with E-state index in [-0.39, 0.29) is 5.92 Å². The van der Waals surface area contributed by atoms with Gasteiger partial charge in [-0.3, -0.25) is 0 Å². The lowest BCUT2D eigenvalue weighted by Crippen LogP contribution is -2.44. The van der Waals surface area contributed by atoms with Gasteiger partial charge in [-0.1, -0.05) is 6.08 Å². The van der Waals surface area contributed by atoms with E-state index in [2.05, 4.69) is 44.8 Å². The van der Waals surface area contributed by atoms with Crippen LogP contribution in [-0.4, -0.2) is 65.8 Å². The maximum absolute atomic E-state index is 5.40. The fraction of sp³-hybridized carbons (Fsp3) is 0.643. The fourth-order valence-electron chi connectivity index (χ4n) is 2.83. The number of ether oxygens (including phenoxy) is 1. The lowest BCUT2D eigenvalue weighted by molar-refractivity contribution is 0.229. The van der Waals surface area contributed by atoms with E-state index in [9.17, 15) is 0 Å². The molecule has 3 heterocycles. The Labute approximate surface area is 125 Å². The molecule has 3 aliphatic heterocycles. The largest absolute Gasteiger partial charge is 0.484 e. The van der Waals surface area contributed by atoms with Crippen LogP contribution in [0.5, 0.6) is 0 Å². The Hall–Kier alpha value is -0.980. The molecule has 0 aliphatic carbocycles. The molecule has 3 aliphatic rings. The number of hydrogen-bond acceptors (Lipinski definition) is 6. The summed E-state index contributed by atoms with van der Waals surface area (Å²) in [6.45, 7) is 6.64. The number of fused-ring (bicyclic) bond motifs is 1. The molecule has 1 fully saturated rings. The van der Waals surface area contributed by atoms with Gasteiger partial charge in [-0.15, -0.1) is 0 Å². The monoisotopic (exact) mass is 294 g/mol. The van der Waals surface area contributed by atoms with Crippen molar-refractivity contribution in [2.24, 2.45) is 10.9 Å². The molecule has 0 aromatic heterocycles. The number of likely N-dealkylation sites (N-methyl/N-ethyl adjacent to an activating group) is 1. The number of methoxy groups -OCH3 is 1. The van der Waals surface area contributed by atoms with Crippen molar-refractivity contribution in [3.05, 3.63) is 24.0 Å². The number of hydrogen-bond donors (Lipinski definition) is 0. The number of rotatable bonds is 2. The second-order valence-electron chi connectivity index (χ2n) is 5.53. The standard InChI is InChI=1S/C14H22N4OS/c1-11-10-15-14(19-3)12-4-5-18(13(11)12)20-17-8-6-16(2)7-9-17/h4-5,10,12-13H,6-9H2,1-3H3. The first kappa shape index (κ1) is 14.0. The van der Waals surface area contributed by atoms with Crippen LogP contribution in [0.2, 0.25) is 0 Å². The molecule has 0 spiro atoms. The summed E-state index contributed by atoms with van der Waals surface area (Å²) in [6.07, 6.45) is 6.31. The molecule has 0 aromatic rings. The van der Waals surface area contributed by atoms with E-state index >= 15 is 0 Å². The van der Waals surface area contributed by atoms with Crippen LogP contribution in [0.1, 0.15) is 6.92 Å². The summed E-state index contributed by atoms with van der Waals surface area (Å²) in [5.41, 5.74) is 1.29. The van der Waals surface area contributed by atoms with Gasteiger partial charge in [0.2, 0.25) is 0 Å². The molecular formula is C14H22N4OS. The molecule has 5 nitrogen and oxygen atoms in total. The van der Waals surface area contributed by atoms with Crippen molar-refractivity contribution in [2.75, 3.05) is 40.3 Å². The van der Waals surface area contributed by atoms with E-state index in [1.807, 2.05) is 18.3 Å². The van der Waals surface area contributed by atoms with Gasteiger partial charge in [-0.05, 0) is 19.5 Å². The maximum atomic E-state index is 5.40. The SMILES string of the molecule is COC1=NC=C(C)C2C1C=CN2SN1CCN(C)CC1.